The maximum absolute atomic E-state index is 13.5. The lowest BCUT2D eigenvalue weighted by Crippen LogP contribution is -2.31. The number of ether oxygens (including phenoxy) is 1. The van der Waals surface area contributed by atoms with Crippen LogP contribution in [0.3, 0.4) is 0 Å². The molecular formula is C30H30BrN3O3S. The van der Waals surface area contributed by atoms with Gasteiger partial charge in [0.25, 0.3) is 5.91 Å². The Bertz CT molecular complexity index is 1500. The first kappa shape index (κ1) is 26.5. The van der Waals surface area contributed by atoms with Crippen LogP contribution in [0.25, 0.3) is 22.2 Å². The number of amides is 1. The van der Waals surface area contributed by atoms with Gasteiger partial charge in [-0.3, -0.25) is 15.1 Å². The lowest BCUT2D eigenvalue weighted by atomic mass is 9.68. The molecule has 1 amide bonds. The summed E-state index contributed by atoms with van der Waals surface area (Å²) < 4.78 is 6.57. The van der Waals surface area contributed by atoms with E-state index in [0.717, 1.165) is 63.6 Å². The molecule has 1 N–H and O–H groups in total. The summed E-state index contributed by atoms with van der Waals surface area (Å²) in [7, 11) is 0. The fourth-order valence-electron chi connectivity index (χ4n) is 5.02. The van der Waals surface area contributed by atoms with Crippen molar-refractivity contribution >= 4 is 55.2 Å². The molecule has 1 unspecified atom stereocenters. The third kappa shape index (κ3) is 5.52. The van der Waals surface area contributed by atoms with E-state index in [9.17, 15) is 9.59 Å². The number of para-hydroxylation sites is 1. The second kappa shape index (κ2) is 10.9. The molecule has 0 spiro atoms. The number of pyridine rings is 1. The lowest BCUT2D eigenvalue weighted by molar-refractivity contribution is -0.119. The minimum atomic E-state index is -0.486. The van der Waals surface area contributed by atoms with Crippen LogP contribution >= 0.6 is 27.3 Å². The second-order valence-corrected chi connectivity index (χ2v) is 12.2. The van der Waals surface area contributed by atoms with E-state index >= 15 is 0 Å². The molecule has 38 heavy (non-hydrogen) atoms. The molecular weight excluding hydrogens is 562 g/mol. The molecule has 1 aliphatic carbocycles. The number of benzene rings is 2. The van der Waals surface area contributed by atoms with Gasteiger partial charge in [-0.05, 0) is 54.4 Å². The summed E-state index contributed by atoms with van der Waals surface area (Å²) in [5, 5.41) is 5.87. The Morgan fingerprint density at radius 1 is 1.13 bits per heavy atom. The molecule has 0 aliphatic heterocycles. The summed E-state index contributed by atoms with van der Waals surface area (Å²) >= 11 is 4.76. The minimum absolute atomic E-state index is 0.160. The number of aromatic nitrogens is 2. The molecule has 4 aromatic rings. The Labute approximate surface area is 235 Å². The molecule has 6 nitrogen and oxygen atoms in total. The fraction of sp³-hybridized carbons (Fsp3) is 0.333. The Balaban J connectivity index is 1.33. The predicted octanol–water partition coefficient (Wildman–Crippen LogP) is 7.46. The Morgan fingerprint density at radius 3 is 2.66 bits per heavy atom. The highest BCUT2D eigenvalue weighted by molar-refractivity contribution is 9.10. The highest BCUT2D eigenvalue weighted by Crippen LogP contribution is 2.41. The summed E-state index contributed by atoms with van der Waals surface area (Å²) in [5.74, 6) is -0.463. The molecule has 8 heteroatoms. The number of fused-ring (bicyclic) bond motifs is 2. The quantitative estimate of drug-likeness (QED) is 0.226. The van der Waals surface area contributed by atoms with Gasteiger partial charge in [0.1, 0.15) is 0 Å². The van der Waals surface area contributed by atoms with E-state index in [1.54, 1.807) is 0 Å². The number of rotatable bonds is 7. The van der Waals surface area contributed by atoms with Crippen LogP contribution in [0.15, 0.2) is 58.4 Å². The van der Waals surface area contributed by atoms with Crippen molar-refractivity contribution in [3.05, 3.63) is 75.2 Å². The molecule has 5 rings (SSSR count). The summed E-state index contributed by atoms with van der Waals surface area (Å²) in [4.78, 5) is 35.5. The van der Waals surface area contributed by atoms with Crippen molar-refractivity contribution in [2.75, 3.05) is 11.9 Å². The summed E-state index contributed by atoms with van der Waals surface area (Å²) in [5.41, 5.74) is 5.13. The predicted molar refractivity (Wildman–Crippen MR) is 155 cm³/mol. The lowest BCUT2D eigenvalue weighted by Gasteiger charge is -2.37. The number of aryl methyl sites for hydroxylation is 1. The number of hydrogen-bond acceptors (Lipinski definition) is 6. The maximum atomic E-state index is 13.5. The average molecular weight is 593 g/mol. The van der Waals surface area contributed by atoms with Crippen molar-refractivity contribution in [2.45, 2.75) is 46.5 Å². The van der Waals surface area contributed by atoms with Crippen LogP contribution in [-0.4, -0.2) is 28.5 Å². The first-order valence-electron chi connectivity index (χ1n) is 12.8. The van der Waals surface area contributed by atoms with E-state index in [-0.39, 0.29) is 12.0 Å². The Morgan fingerprint density at radius 2 is 1.89 bits per heavy atom. The SMILES string of the molecule is CCC(C)(C)C1CCc2nc3ccccc3c(C(=O)OCC(=O)Nc3nc(-c4ccc(Br)cc4)cs3)c2C1. The van der Waals surface area contributed by atoms with Gasteiger partial charge in [0.05, 0.1) is 16.8 Å². The van der Waals surface area contributed by atoms with Gasteiger partial charge in [-0.25, -0.2) is 9.78 Å². The van der Waals surface area contributed by atoms with Crippen molar-refractivity contribution in [3.8, 4) is 11.3 Å². The summed E-state index contributed by atoms with van der Waals surface area (Å²) in [6, 6.07) is 15.5. The zero-order valence-corrected chi connectivity index (χ0v) is 24.1. The fourth-order valence-corrected chi connectivity index (χ4v) is 6.02. The largest absolute Gasteiger partial charge is 0.452 e. The highest BCUT2D eigenvalue weighted by Gasteiger charge is 2.34. The van der Waals surface area contributed by atoms with Gasteiger partial charge < -0.3 is 4.74 Å². The topological polar surface area (TPSA) is 81.2 Å². The first-order chi connectivity index (χ1) is 18.2. The van der Waals surface area contributed by atoms with Gasteiger partial charge in [0.15, 0.2) is 11.7 Å². The third-order valence-electron chi connectivity index (χ3n) is 7.70. The van der Waals surface area contributed by atoms with E-state index in [2.05, 4.69) is 47.0 Å². The molecule has 0 fully saturated rings. The number of thiazole rings is 1. The van der Waals surface area contributed by atoms with Crippen LogP contribution in [-0.2, 0) is 22.4 Å². The van der Waals surface area contributed by atoms with Crippen molar-refractivity contribution < 1.29 is 14.3 Å². The number of nitrogens with one attached hydrogen (secondary N) is 1. The van der Waals surface area contributed by atoms with Crippen LogP contribution in [0, 0.1) is 11.3 Å². The number of nitrogens with zero attached hydrogens (tertiary/aromatic N) is 2. The van der Waals surface area contributed by atoms with Crippen LogP contribution in [0.1, 0.15) is 55.2 Å². The van der Waals surface area contributed by atoms with E-state index in [0.29, 0.717) is 16.6 Å². The van der Waals surface area contributed by atoms with Gasteiger partial charge in [0.2, 0.25) is 0 Å². The van der Waals surface area contributed by atoms with Crippen LogP contribution < -0.4 is 5.32 Å². The number of carbonyl (C=O) groups excluding carboxylic acids is 2. The number of carbonyl (C=O) groups is 2. The summed E-state index contributed by atoms with van der Waals surface area (Å²) in [6.07, 6.45) is 3.72. The van der Waals surface area contributed by atoms with Crippen LogP contribution in [0.2, 0.25) is 0 Å². The zero-order valence-electron chi connectivity index (χ0n) is 21.7. The van der Waals surface area contributed by atoms with Gasteiger partial charge in [0, 0.05) is 26.5 Å². The molecule has 0 radical (unpaired) electrons. The van der Waals surface area contributed by atoms with Gasteiger partial charge >= 0.3 is 5.97 Å². The van der Waals surface area contributed by atoms with Gasteiger partial charge in [-0.2, -0.15) is 0 Å². The molecule has 1 atom stereocenters. The van der Waals surface area contributed by atoms with Crippen molar-refractivity contribution in [1.82, 2.24) is 9.97 Å². The van der Waals surface area contributed by atoms with Gasteiger partial charge in [-0.1, -0.05) is 73.5 Å². The van der Waals surface area contributed by atoms with E-state index < -0.39 is 11.9 Å². The number of halogens is 1. The summed E-state index contributed by atoms with van der Waals surface area (Å²) in [6.45, 7) is 6.41. The molecule has 1 aliphatic rings. The van der Waals surface area contributed by atoms with Crippen molar-refractivity contribution in [1.29, 1.82) is 0 Å². The minimum Gasteiger partial charge on any atom is -0.452 e. The second-order valence-electron chi connectivity index (χ2n) is 10.4. The molecule has 196 valence electrons. The number of hydrogen-bond donors (Lipinski definition) is 1. The van der Waals surface area contributed by atoms with E-state index in [1.807, 2.05) is 53.9 Å². The Hall–Kier alpha value is -3.10. The molecule has 2 aromatic carbocycles. The standard InChI is InChI=1S/C30H30BrN3O3S/c1-4-30(2,3)19-11-14-24-22(15-19)27(21-7-5-6-8-23(21)32-24)28(36)37-16-26(35)34-29-33-25(17-38-29)18-9-12-20(31)13-10-18/h5-10,12-13,17,19H,4,11,14-16H2,1-3H3,(H,33,34,35). The van der Waals surface area contributed by atoms with Crippen molar-refractivity contribution in [2.24, 2.45) is 11.3 Å². The smallest absolute Gasteiger partial charge is 0.339 e. The van der Waals surface area contributed by atoms with E-state index in [1.165, 1.54) is 11.3 Å². The number of anilines is 1. The monoisotopic (exact) mass is 591 g/mol. The third-order valence-corrected chi connectivity index (χ3v) is 8.99. The zero-order chi connectivity index (χ0) is 26.9. The molecule has 0 saturated carbocycles. The average Bonchev–Trinajstić information content (AvgIpc) is 3.38. The molecule has 0 bridgehead atoms. The van der Waals surface area contributed by atoms with Gasteiger partial charge in [-0.15, -0.1) is 11.3 Å². The first-order valence-corrected chi connectivity index (χ1v) is 14.5. The molecule has 2 aromatic heterocycles. The molecule has 2 heterocycles. The van der Waals surface area contributed by atoms with Crippen molar-refractivity contribution in [3.63, 3.8) is 0 Å². The van der Waals surface area contributed by atoms with Crippen LogP contribution in [0.5, 0.6) is 0 Å². The highest BCUT2D eigenvalue weighted by atomic mass is 79.9. The van der Waals surface area contributed by atoms with E-state index in [4.69, 9.17) is 9.72 Å². The van der Waals surface area contributed by atoms with Crippen LogP contribution in [0.4, 0.5) is 5.13 Å². The number of esters is 1. The normalized spacial score (nSPS) is 15.2. The molecule has 0 saturated heterocycles. The Kier molecular flexibility index (Phi) is 7.63. The maximum Gasteiger partial charge on any atom is 0.339 e.